The molecule has 1 amide bonds. The number of hydrogen-bond acceptors (Lipinski definition) is 3. The minimum Gasteiger partial charge on any atom is -0.494 e. The zero-order chi connectivity index (χ0) is 15.4. The number of ether oxygens (including phenoxy) is 1. The van der Waals surface area contributed by atoms with Crippen molar-refractivity contribution in [3.63, 3.8) is 0 Å². The van der Waals surface area contributed by atoms with E-state index in [1.165, 1.54) is 13.2 Å². The van der Waals surface area contributed by atoms with Crippen LogP contribution in [0, 0.1) is 11.7 Å². The number of benzene rings is 1. The summed E-state index contributed by atoms with van der Waals surface area (Å²) in [6.45, 7) is 1.85. The lowest BCUT2D eigenvalue weighted by Gasteiger charge is -2.27. The zero-order valence-corrected chi connectivity index (χ0v) is 13.8. The molecule has 0 radical (unpaired) electrons. The molecule has 2 rings (SSSR count). The Morgan fingerprint density at radius 2 is 2.18 bits per heavy atom. The first-order valence-electron chi connectivity index (χ1n) is 7.40. The van der Waals surface area contributed by atoms with Gasteiger partial charge in [-0.3, -0.25) is 4.79 Å². The summed E-state index contributed by atoms with van der Waals surface area (Å²) in [7, 11) is 1.43. The Morgan fingerprint density at radius 1 is 1.45 bits per heavy atom. The molecule has 0 aromatic heterocycles. The Balaban J connectivity index is 0.00000242. The summed E-state index contributed by atoms with van der Waals surface area (Å²) in [5, 5.41) is 2.95. The molecule has 4 nitrogen and oxygen atoms in total. The third-order valence-corrected chi connectivity index (χ3v) is 4.12. The Hall–Kier alpha value is -1.33. The first kappa shape index (κ1) is 18.7. The molecule has 1 aliphatic carbocycles. The number of halogens is 2. The summed E-state index contributed by atoms with van der Waals surface area (Å²) in [6.07, 6.45) is 3.59. The summed E-state index contributed by atoms with van der Waals surface area (Å²) in [5.41, 5.74) is 6.64. The van der Waals surface area contributed by atoms with Crippen molar-refractivity contribution in [3.05, 3.63) is 29.6 Å². The quantitative estimate of drug-likeness (QED) is 0.892. The molecule has 1 aromatic rings. The van der Waals surface area contributed by atoms with Crippen LogP contribution in [0.5, 0.6) is 5.75 Å². The van der Waals surface area contributed by atoms with Crippen LogP contribution >= 0.6 is 12.4 Å². The van der Waals surface area contributed by atoms with Gasteiger partial charge >= 0.3 is 0 Å². The largest absolute Gasteiger partial charge is 0.494 e. The summed E-state index contributed by atoms with van der Waals surface area (Å²) >= 11 is 0. The lowest BCUT2D eigenvalue weighted by atomic mass is 9.85. The van der Waals surface area contributed by atoms with E-state index in [9.17, 15) is 9.18 Å². The van der Waals surface area contributed by atoms with Crippen molar-refractivity contribution < 1.29 is 13.9 Å². The molecule has 1 fully saturated rings. The van der Waals surface area contributed by atoms with Crippen LogP contribution in [0.25, 0.3) is 0 Å². The minimum atomic E-state index is -0.421. The van der Waals surface area contributed by atoms with Crippen LogP contribution in [-0.2, 0) is 4.79 Å². The summed E-state index contributed by atoms with van der Waals surface area (Å²) < 4.78 is 18.6. The van der Waals surface area contributed by atoms with E-state index in [0.29, 0.717) is 0 Å². The molecular formula is C16H24ClFN2O2. The highest BCUT2D eigenvalue weighted by atomic mass is 35.5. The normalized spacial score (nSPS) is 22.4. The van der Waals surface area contributed by atoms with E-state index in [0.717, 1.165) is 31.2 Å². The van der Waals surface area contributed by atoms with E-state index in [1.807, 2.05) is 6.92 Å². The highest BCUT2D eigenvalue weighted by molar-refractivity contribution is 5.85. The highest BCUT2D eigenvalue weighted by Crippen LogP contribution is 2.25. The number of nitrogens with two attached hydrogens (primary N) is 1. The number of carbonyl (C=O) groups excluding carboxylic acids is 1. The molecule has 1 aromatic carbocycles. The molecule has 0 spiro atoms. The molecule has 22 heavy (non-hydrogen) atoms. The molecule has 1 saturated carbocycles. The maximum Gasteiger partial charge on any atom is 0.223 e. The second-order valence-corrected chi connectivity index (χ2v) is 5.75. The number of hydrogen-bond donors (Lipinski definition) is 2. The van der Waals surface area contributed by atoms with Crippen LogP contribution in [-0.4, -0.2) is 19.1 Å². The minimum absolute atomic E-state index is 0. The van der Waals surface area contributed by atoms with Crippen molar-refractivity contribution in [2.75, 3.05) is 7.11 Å². The Morgan fingerprint density at radius 3 is 2.77 bits per heavy atom. The zero-order valence-electron chi connectivity index (χ0n) is 13.0. The van der Waals surface area contributed by atoms with Gasteiger partial charge in [0.25, 0.3) is 0 Å². The number of methoxy groups -OCH3 is 1. The van der Waals surface area contributed by atoms with Crippen LogP contribution in [0.3, 0.4) is 0 Å². The summed E-state index contributed by atoms with van der Waals surface area (Å²) in [4.78, 5) is 12.3. The average molecular weight is 331 g/mol. The molecule has 0 saturated heterocycles. The van der Waals surface area contributed by atoms with Gasteiger partial charge in [-0.15, -0.1) is 12.4 Å². The van der Waals surface area contributed by atoms with E-state index in [-0.39, 0.29) is 42.1 Å². The smallest absolute Gasteiger partial charge is 0.223 e. The number of amides is 1. The second kappa shape index (κ2) is 8.34. The van der Waals surface area contributed by atoms with Crippen LogP contribution in [0.4, 0.5) is 4.39 Å². The molecule has 3 unspecified atom stereocenters. The lowest BCUT2D eigenvalue weighted by molar-refractivity contribution is -0.126. The first-order valence-corrected chi connectivity index (χ1v) is 7.40. The van der Waals surface area contributed by atoms with Crippen LogP contribution < -0.4 is 15.8 Å². The van der Waals surface area contributed by atoms with Crippen molar-refractivity contribution in [3.8, 4) is 5.75 Å². The van der Waals surface area contributed by atoms with Crippen molar-refractivity contribution in [2.45, 2.75) is 44.7 Å². The standard InChI is InChI=1S/C16H23FN2O2.ClH/c1-10(11-6-7-15(21-2)14(17)9-11)19-16(20)12-4-3-5-13(18)8-12;/h6-7,9-10,12-13H,3-5,8,18H2,1-2H3,(H,19,20);1H. The molecular weight excluding hydrogens is 307 g/mol. The van der Waals surface area contributed by atoms with Crippen LogP contribution in [0.2, 0.25) is 0 Å². The second-order valence-electron chi connectivity index (χ2n) is 5.75. The van der Waals surface area contributed by atoms with E-state index in [2.05, 4.69) is 5.32 Å². The fourth-order valence-corrected chi connectivity index (χ4v) is 2.83. The molecule has 3 atom stereocenters. The van der Waals surface area contributed by atoms with Crippen molar-refractivity contribution in [1.82, 2.24) is 5.32 Å². The Labute approximate surface area is 137 Å². The van der Waals surface area contributed by atoms with E-state index in [1.54, 1.807) is 12.1 Å². The van der Waals surface area contributed by atoms with Crippen molar-refractivity contribution in [1.29, 1.82) is 0 Å². The average Bonchev–Trinajstić information content (AvgIpc) is 2.47. The maximum absolute atomic E-state index is 13.7. The Kier molecular flexibility index (Phi) is 7.10. The predicted molar refractivity (Wildman–Crippen MR) is 86.7 cm³/mol. The van der Waals surface area contributed by atoms with Gasteiger partial charge in [-0.1, -0.05) is 12.5 Å². The van der Waals surface area contributed by atoms with Gasteiger partial charge in [-0.25, -0.2) is 4.39 Å². The monoisotopic (exact) mass is 330 g/mol. The summed E-state index contributed by atoms with van der Waals surface area (Å²) in [5.74, 6) is -0.237. The number of nitrogens with one attached hydrogen (secondary N) is 1. The fourth-order valence-electron chi connectivity index (χ4n) is 2.83. The lowest BCUT2D eigenvalue weighted by Crippen LogP contribution is -2.38. The molecule has 0 heterocycles. The van der Waals surface area contributed by atoms with E-state index < -0.39 is 5.82 Å². The van der Waals surface area contributed by atoms with Gasteiger partial charge < -0.3 is 15.8 Å². The van der Waals surface area contributed by atoms with Crippen LogP contribution in [0.15, 0.2) is 18.2 Å². The molecule has 6 heteroatoms. The highest BCUT2D eigenvalue weighted by Gasteiger charge is 2.26. The van der Waals surface area contributed by atoms with E-state index in [4.69, 9.17) is 10.5 Å². The van der Waals surface area contributed by atoms with Gasteiger partial charge in [0.05, 0.1) is 13.2 Å². The van der Waals surface area contributed by atoms with Crippen molar-refractivity contribution in [2.24, 2.45) is 11.7 Å². The first-order chi connectivity index (χ1) is 10.0. The number of rotatable bonds is 4. The summed E-state index contributed by atoms with van der Waals surface area (Å²) in [6, 6.07) is 4.61. The maximum atomic E-state index is 13.7. The molecule has 1 aliphatic rings. The third-order valence-electron chi connectivity index (χ3n) is 4.12. The van der Waals surface area contributed by atoms with Gasteiger partial charge in [-0.2, -0.15) is 0 Å². The van der Waals surface area contributed by atoms with Gasteiger partial charge in [0.15, 0.2) is 11.6 Å². The van der Waals surface area contributed by atoms with Gasteiger partial charge in [-0.05, 0) is 43.9 Å². The van der Waals surface area contributed by atoms with Gasteiger partial charge in [0, 0.05) is 12.0 Å². The molecule has 0 bridgehead atoms. The molecule has 124 valence electrons. The van der Waals surface area contributed by atoms with Gasteiger partial charge in [0.1, 0.15) is 0 Å². The Bertz CT molecular complexity index is 513. The van der Waals surface area contributed by atoms with Crippen molar-refractivity contribution >= 4 is 18.3 Å². The fraction of sp³-hybridized carbons (Fsp3) is 0.562. The SMILES string of the molecule is COc1ccc(C(C)NC(=O)C2CCCC(N)C2)cc1F.Cl. The van der Waals surface area contributed by atoms with Gasteiger partial charge in [0.2, 0.25) is 5.91 Å². The molecule has 0 aliphatic heterocycles. The molecule has 3 N–H and O–H groups in total. The number of carbonyl (C=O) groups is 1. The predicted octanol–water partition coefficient (Wildman–Crippen LogP) is 2.95. The van der Waals surface area contributed by atoms with E-state index >= 15 is 0 Å². The third kappa shape index (κ3) is 4.58. The van der Waals surface area contributed by atoms with Crippen LogP contribution in [0.1, 0.15) is 44.2 Å². The topological polar surface area (TPSA) is 64.3 Å².